The van der Waals surface area contributed by atoms with Gasteiger partial charge >= 0.3 is 0 Å². The molecule has 1 aliphatic heterocycles. The van der Waals surface area contributed by atoms with E-state index in [4.69, 9.17) is 5.73 Å². The number of aromatic nitrogens is 2. The lowest BCUT2D eigenvalue weighted by atomic mass is 10.1. The summed E-state index contributed by atoms with van der Waals surface area (Å²) in [5.41, 5.74) is 5.66. The van der Waals surface area contributed by atoms with Gasteiger partial charge < -0.3 is 11.1 Å². The molecule has 0 fully saturated rings. The van der Waals surface area contributed by atoms with Crippen molar-refractivity contribution < 1.29 is 4.79 Å². The predicted molar refractivity (Wildman–Crippen MR) is 48.4 cm³/mol. The van der Waals surface area contributed by atoms with Gasteiger partial charge in [0.05, 0.1) is 6.20 Å². The van der Waals surface area contributed by atoms with Gasteiger partial charge in [-0.3, -0.25) is 4.79 Å². The summed E-state index contributed by atoms with van der Waals surface area (Å²) in [4.78, 5) is 10.9. The molecule has 0 spiro atoms. The number of nitrogens with two attached hydrogens (primary N) is 1. The number of hydrogen-bond acceptors (Lipinski definition) is 3. The first kappa shape index (κ1) is 8.10. The van der Waals surface area contributed by atoms with Gasteiger partial charge in [-0.05, 0) is 5.92 Å². The van der Waals surface area contributed by atoms with Crippen molar-refractivity contribution in [1.29, 1.82) is 0 Å². The second-order valence-corrected chi connectivity index (χ2v) is 3.44. The minimum Gasteiger partial charge on any atom is -0.369 e. The van der Waals surface area contributed by atoms with Crippen molar-refractivity contribution in [2.24, 2.45) is 11.7 Å². The maximum atomic E-state index is 10.9. The average Bonchev–Trinajstić information content (AvgIpc) is 2.46. The van der Waals surface area contributed by atoms with E-state index in [1.165, 1.54) is 6.20 Å². The molecule has 1 unspecified atom stereocenters. The minimum absolute atomic E-state index is 0.427. The Kier molecular flexibility index (Phi) is 1.72. The third kappa shape index (κ3) is 1.26. The van der Waals surface area contributed by atoms with Crippen molar-refractivity contribution >= 4 is 11.7 Å². The fourth-order valence-electron chi connectivity index (χ4n) is 1.52. The van der Waals surface area contributed by atoms with Crippen LogP contribution in [-0.2, 0) is 6.54 Å². The molecule has 0 saturated heterocycles. The number of carbonyl (C=O) groups excluding carboxylic acids is 1. The molecule has 2 rings (SSSR count). The Labute approximate surface area is 75.9 Å². The zero-order valence-electron chi connectivity index (χ0n) is 7.45. The molecule has 1 atom stereocenters. The van der Waals surface area contributed by atoms with Gasteiger partial charge in [0.25, 0.3) is 5.91 Å². The molecule has 0 bridgehead atoms. The number of anilines is 1. The van der Waals surface area contributed by atoms with Crippen molar-refractivity contribution in [3.63, 3.8) is 0 Å². The standard InChI is InChI=1S/C8H12N4O/c1-5-2-10-8-6(7(9)13)3-11-12(8)4-5/h3,5,10H,2,4H2,1H3,(H2,9,13). The van der Waals surface area contributed by atoms with Crippen LogP contribution in [0.3, 0.4) is 0 Å². The highest BCUT2D eigenvalue weighted by atomic mass is 16.1. The molecular formula is C8H12N4O. The molecule has 1 aromatic rings. The Morgan fingerprint density at radius 2 is 2.62 bits per heavy atom. The molecular weight excluding hydrogens is 168 g/mol. The number of nitrogens with one attached hydrogen (secondary N) is 1. The fourth-order valence-corrected chi connectivity index (χ4v) is 1.52. The normalized spacial score (nSPS) is 20.5. The summed E-state index contributed by atoms with van der Waals surface area (Å²) >= 11 is 0. The molecule has 5 heteroatoms. The first-order chi connectivity index (χ1) is 6.18. The van der Waals surface area contributed by atoms with Crippen LogP contribution in [0, 0.1) is 5.92 Å². The van der Waals surface area contributed by atoms with E-state index in [1.54, 1.807) is 4.68 Å². The summed E-state index contributed by atoms with van der Waals surface area (Å²) in [6.07, 6.45) is 1.52. The molecule has 1 aliphatic rings. The first-order valence-electron chi connectivity index (χ1n) is 4.28. The topological polar surface area (TPSA) is 72.9 Å². The van der Waals surface area contributed by atoms with Gasteiger partial charge in [-0.2, -0.15) is 5.10 Å². The van der Waals surface area contributed by atoms with Crippen molar-refractivity contribution in [3.8, 4) is 0 Å². The molecule has 13 heavy (non-hydrogen) atoms. The molecule has 0 aromatic carbocycles. The number of fused-ring (bicyclic) bond motifs is 1. The lowest BCUT2D eigenvalue weighted by Gasteiger charge is -2.22. The van der Waals surface area contributed by atoms with E-state index < -0.39 is 5.91 Å². The van der Waals surface area contributed by atoms with Crippen LogP contribution in [0.25, 0.3) is 0 Å². The predicted octanol–water partition coefficient (Wildman–Crippen LogP) is 0.0436. The van der Waals surface area contributed by atoms with Crippen LogP contribution in [0.4, 0.5) is 5.82 Å². The molecule has 5 nitrogen and oxygen atoms in total. The van der Waals surface area contributed by atoms with Crippen LogP contribution in [0.15, 0.2) is 6.20 Å². The highest BCUT2D eigenvalue weighted by Crippen LogP contribution is 2.20. The van der Waals surface area contributed by atoms with E-state index in [0.717, 1.165) is 18.9 Å². The van der Waals surface area contributed by atoms with Gasteiger partial charge in [0, 0.05) is 13.1 Å². The number of amides is 1. The van der Waals surface area contributed by atoms with Gasteiger partial charge in [-0.25, -0.2) is 4.68 Å². The van der Waals surface area contributed by atoms with E-state index >= 15 is 0 Å². The third-order valence-corrected chi connectivity index (χ3v) is 2.21. The van der Waals surface area contributed by atoms with Crippen LogP contribution < -0.4 is 11.1 Å². The number of hydrogen-bond donors (Lipinski definition) is 2. The van der Waals surface area contributed by atoms with E-state index in [1.807, 2.05) is 0 Å². The highest BCUT2D eigenvalue weighted by Gasteiger charge is 2.20. The molecule has 3 N–H and O–H groups in total. The van der Waals surface area contributed by atoms with Crippen LogP contribution in [-0.4, -0.2) is 22.2 Å². The second-order valence-electron chi connectivity index (χ2n) is 3.44. The number of rotatable bonds is 1. The number of primary amides is 1. The molecule has 2 heterocycles. The monoisotopic (exact) mass is 180 g/mol. The Morgan fingerprint density at radius 1 is 1.85 bits per heavy atom. The fraction of sp³-hybridized carbons (Fsp3) is 0.500. The summed E-state index contributed by atoms with van der Waals surface area (Å²) < 4.78 is 1.79. The summed E-state index contributed by atoms with van der Waals surface area (Å²) in [5.74, 6) is 0.863. The van der Waals surface area contributed by atoms with Crippen molar-refractivity contribution in [2.45, 2.75) is 13.5 Å². The van der Waals surface area contributed by atoms with Crippen LogP contribution in [0.2, 0.25) is 0 Å². The lowest BCUT2D eigenvalue weighted by molar-refractivity contribution is 0.100. The number of carbonyl (C=O) groups is 1. The van der Waals surface area contributed by atoms with E-state index in [2.05, 4.69) is 17.3 Å². The maximum Gasteiger partial charge on any atom is 0.254 e. The molecule has 1 amide bonds. The molecule has 0 aliphatic carbocycles. The van der Waals surface area contributed by atoms with Gasteiger partial charge in [0.2, 0.25) is 0 Å². The van der Waals surface area contributed by atoms with Gasteiger partial charge in [0.15, 0.2) is 0 Å². The quantitative estimate of drug-likeness (QED) is 0.641. The summed E-state index contributed by atoms with van der Waals surface area (Å²) in [6.45, 7) is 3.84. The third-order valence-electron chi connectivity index (χ3n) is 2.21. The Balaban J connectivity index is 2.39. The van der Waals surface area contributed by atoms with Gasteiger partial charge in [0.1, 0.15) is 11.4 Å². The van der Waals surface area contributed by atoms with Crippen LogP contribution in [0.1, 0.15) is 17.3 Å². The summed E-state index contributed by atoms with van der Waals surface area (Å²) in [7, 11) is 0. The van der Waals surface area contributed by atoms with Crippen molar-refractivity contribution in [2.75, 3.05) is 11.9 Å². The van der Waals surface area contributed by atoms with Crippen molar-refractivity contribution in [1.82, 2.24) is 9.78 Å². The maximum absolute atomic E-state index is 10.9. The average molecular weight is 180 g/mol. The van der Waals surface area contributed by atoms with Crippen LogP contribution >= 0.6 is 0 Å². The Morgan fingerprint density at radius 3 is 3.31 bits per heavy atom. The van der Waals surface area contributed by atoms with Gasteiger partial charge in [-0.1, -0.05) is 6.92 Å². The first-order valence-corrected chi connectivity index (χ1v) is 4.28. The SMILES string of the molecule is CC1CNc2c(C(N)=O)cnn2C1. The van der Waals surface area contributed by atoms with Gasteiger partial charge in [-0.15, -0.1) is 0 Å². The zero-order valence-corrected chi connectivity index (χ0v) is 7.45. The van der Waals surface area contributed by atoms with E-state index in [9.17, 15) is 4.79 Å². The van der Waals surface area contributed by atoms with E-state index in [-0.39, 0.29) is 0 Å². The molecule has 1 aromatic heterocycles. The Hall–Kier alpha value is -1.52. The lowest BCUT2D eigenvalue weighted by Crippen LogP contribution is -2.27. The highest BCUT2D eigenvalue weighted by molar-refractivity contribution is 5.97. The smallest absolute Gasteiger partial charge is 0.254 e. The second kappa shape index (κ2) is 2.76. The summed E-state index contributed by atoms with van der Waals surface area (Å²) in [5, 5.41) is 7.22. The number of nitrogens with zero attached hydrogens (tertiary/aromatic N) is 2. The van der Waals surface area contributed by atoms with Crippen molar-refractivity contribution in [3.05, 3.63) is 11.8 Å². The summed E-state index contributed by atoms with van der Waals surface area (Å²) in [6, 6.07) is 0. The Bertz CT molecular complexity index is 344. The molecule has 0 saturated carbocycles. The minimum atomic E-state index is -0.427. The largest absolute Gasteiger partial charge is 0.369 e. The molecule has 70 valence electrons. The molecule has 0 radical (unpaired) electrons. The van der Waals surface area contributed by atoms with E-state index in [0.29, 0.717) is 11.5 Å². The zero-order chi connectivity index (χ0) is 9.42. The van der Waals surface area contributed by atoms with Crippen LogP contribution in [0.5, 0.6) is 0 Å².